The van der Waals surface area contributed by atoms with E-state index >= 15 is 0 Å². The van der Waals surface area contributed by atoms with Crippen LogP contribution in [0.3, 0.4) is 0 Å². The average molecular weight is 281 g/mol. The van der Waals surface area contributed by atoms with Crippen LogP contribution in [0.25, 0.3) is 0 Å². The van der Waals surface area contributed by atoms with Crippen LogP contribution in [0.4, 0.5) is 8.78 Å². The monoisotopic (exact) mass is 281 g/mol. The first-order valence-corrected chi connectivity index (χ1v) is 7.34. The highest BCUT2D eigenvalue weighted by molar-refractivity contribution is 7.07. The van der Waals surface area contributed by atoms with Crippen molar-refractivity contribution in [2.45, 2.75) is 25.8 Å². The Labute approximate surface area is 116 Å². The van der Waals surface area contributed by atoms with Crippen molar-refractivity contribution in [2.24, 2.45) is 0 Å². The van der Waals surface area contributed by atoms with Crippen molar-refractivity contribution >= 4 is 11.3 Å². The molecule has 1 unspecified atom stereocenters. The van der Waals surface area contributed by atoms with Gasteiger partial charge in [0.15, 0.2) is 0 Å². The lowest BCUT2D eigenvalue weighted by molar-refractivity contribution is 0.509. The summed E-state index contributed by atoms with van der Waals surface area (Å²) in [6.07, 6.45) is 1.55. The standard InChI is InChI=1S/C15H17F2NS/c1-2-6-18-15(12-5-7-19-10-12)8-11-3-4-13(16)9-14(11)17/h3-5,7,9-10,15,18H,2,6,8H2,1H3. The summed E-state index contributed by atoms with van der Waals surface area (Å²) in [7, 11) is 0. The molecular formula is C15H17F2NS. The molecule has 0 aliphatic heterocycles. The summed E-state index contributed by atoms with van der Waals surface area (Å²) in [5.41, 5.74) is 1.70. The van der Waals surface area contributed by atoms with Gasteiger partial charge in [0.2, 0.25) is 0 Å². The Hall–Kier alpha value is -1.26. The van der Waals surface area contributed by atoms with Crippen LogP contribution < -0.4 is 5.32 Å². The van der Waals surface area contributed by atoms with Gasteiger partial charge < -0.3 is 5.32 Å². The van der Waals surface area contributed by atoms with Crippen LogP contribution in [0, 0.1) is 11.6 Å². The number of benzene rings is 1. The Kier molecular flexibility index (Phi) is 5.05. The molecule has 0 spiro atoms. The first kappa shape index (κ1) is 14.2. The zero-order valence-corrected chi connectivity index (χ0v) is 11.6. The van der Waals surface area contributed by atoms with E-state index in [1.165, 1.54) is 12.1 Å². The molecule has 19 heavy (non-hydrogen) atoms. The molecule has 0 radical (unpaired) electrons. The van der Waals surface area contributed by atoms with Crippen LogP contribution in [0.1, 0.15) is 30.5 Å². The van der Waals surface area contributed by atoms with Crippen LogP contribution >= 0.6 is 11.3 Å². The van der Waals surface area contributed by atoms with Crippen LogP contribution in [-0.2, 0) is 6.42 Å². The van der Waals surface area contributed by atoms with Gasteiger partial charge in [-0.25, -0.2) is 8.78 Å². The summed E-state index contributed by atoms with van der Waals surface area (Å²) >= 11 is 1.62. The van der Waals surface area contributed by atoms with Gasteiger partial charge in [-0.15, -0.1) is 0 Å². The maximum atomic E-state index is 13.7. The van der Waals surface area contributed by atoms with E-state index in [9.17, 15) is 8.78 Å². The van der Waals surface area contributed by atoms with Crippen molar-refractivity contribution in [3.05, 3.63) is 57.8 Å². The number of halogens is 2. The third kappa shape index (κ3) is 3.85. The van der Waals surface area contributed by atoms with Crippen molar-refractivity contribution < 1.29 is 8.78 Å². The number of thiophene rings is 1. The minimum absolute atomic E-state index is 0.0751. The highest BCUT2D eigenvalue weighted by atomic mass is 32.1. The Morgan fingerprint density at radius 1 is 1.26 bits per heavy atom. The molecule has 0 aliphatic rings. The normalized spacial score (nSPS) is 12.6. The van der Waals surface area contributed by atoms with Crippen molar-refractivity contribution in [3.63, 3.8) is 0 Å². The molecule has 102 valence electrons. The quantitative estimate of drug-likeness (QED) is 0.832. The molecule has 0 fully saturated rings. The average Bonchev–Trinajstić information content (AvgIpc) is 2.90. The van der Waals surface area contributed by atoms with E-state index in [4.69, 9.17) is 0 Å². The van der Waals surface area contributed by atoms with Gasteiger partial charge in [0.05, 0.1) is 0 Å². The number of nitrogens with one attached hydrogen (secondary N) is 1. The molecule has 0 bridgehead atoms. The molecule has 0 amide bonds. The molecule has 1 atom stereocenters. The van der Waals surface area contributed by atoms with Gasteiger partial charge in [0.25, 0.3) is 0 Å². The zero-order chi connectivity index (χ0) is 13.7. The van der Waals surface area contributed by atoms with Crippen LogP contribution in [0.15, 0.2) is 35.0 Å². The van der Waals surface area contributed by atoms with Gasteiger partial charge in [0, 0.05) is 12.1 Å². The minimum Gasteiger partial charge on any atom is -0.310 e. The molecule has 0 saturated heterocycles. The van der Waals surface area contributed by atoms with E-state index in [1.54, 1.807) is 11.3 Å². The summed E-state index contributed by atoms with van der Waals surface area (Å²) in [5.74, 6) is -1.01. The van der Waals surface area contributed by atoms with Gasteiger partial charge in [-0.1, -0.05) is 13.0 Å². The van der Waals surface area contributed by atoms with Crippen LogP contribution in [0.5, 0.6) is 0 Å². The van der Waals surface area contributed by atoms with Crippen LogP contribution in [0.2, 0.25) is 0 Å². The smallest absolute Gasteiger partial charge is 0.129 e. The fourth-order valence-corrected chi connectivity index (χ4v) is 2.72. The number of hydrogen-bond acceptors (Lipinski definition) is 2. The molecule has 2 rings (SSSR count). The Morgan fingerprint density at radius 3 is 2.74 bits per heavy atom. The molecule has 1 N–H and O–H groups in total. The first-order chi connectivity index (χ1) is 9.20. The molecular weight excluding hydrogens is 264 g/mol. The fraction of sp³-hybridized carbons (Fsp3) is 0.333. The molecule has 0 saturated carbocycles. The summed E-state index contributed by atoms with van der Waals surface area (Å²) in [6.45, 7) is 2.97. The lowest BCUT2D eigenvalue weighted by atomic mass is 10.0. The van der Waals surface area contributed by atoms with E-state index < -0.39 is 11.6 Å². The molecule has 4 heteroatoms. The van der Waals surface area contributed by atoms with Crippen molar-refractivity contribution in [2.75, 3.05) is 6.54 Å². The second-order valence-corrected chi connectivity index (χ2v) is 5.28. The molecule has 1 aromatic heterocycles. The summed E-state index contributed by atoms with van der Waals surface area (Å²) in [6, 6.07) is 5.89. The van der Waals surface area contributed by atoms with Gasteiger partial charge >= 0.3 is 0 Å². The van der Waals surface area contributed by atoms with E-state index in [0.717, 1.165) is 24.6 Å². The Morgan fingerprint density at radius 2 is 2.11 bits per heavy atom. The topological polar surface area (TPSA) is 12.0 Å². The largest absolute Gasteiger partial charge is 0.310 e. The summed E-state index contributed by atoms with van der Waals surface area (Å²) < 4.78 is 26.6. The fourth-order valence-electron chi connectivity index (χ4n) is 2.01. The maximum Gasteiger partial charge on any atom is 0.129 e. The summed E-state index contributed by atoms with van der Waals surface area (Å²) in [5, 5.41) is 7.48. The predicted molar refractivity (Wildman–Crippen MR) is 75.4 cm³/mol. The van der Waals surface area contributed by atoms with E-state index in [0.29, 0.717) is 12.0 Å². The molecule has 1 nitrogen and oxygen atoms in total. The molecule has 2 aromatic rings. The van der Waals surface area contributed by atoms with E-state index in [1.807, 2.05) is 11.4 Å². The van der Waals surface area contributed by atoms with Crippen molar-refractivity contribution in [1.82, 2.24) is 5.32 Å². The van der Waals surface area contributed by atoms with Gasteiger partial charge in [-0.2, -0.15) is 11.3 Å². The van der Waals surface area contributed by atoms with Crippen molar-refractivity contribution in [3.8, 4) is 0 Å². The lowest BCUT2D eigenvalue weighted by Gasteiger charge is -2.18. The van der Waals surface area contributed by atoms with Gasteiger partial charge in [-0.05, 0) is 53.4 Å². The minimum atomic E-state index is -0.533. The van der Waals surface area contributed by atoms with E-state index in [2.05, 4.69) is 17.6 Å². The third-order valence-corrected chi connectivity index (χ3v) is 3.73. The predicted octanol–water partition coefficient (Wildman–Crippen LogP) is 4.31. The highest BCUT2D eigenvalue weighted by Crippen LogP contribution is 2.22. The third-order valence-electron chi connectivity index (χ3n) is 3.03. The first-order valence-electron chi connectivity index (χ1n) is 6.40. The second-order valence-electron chi connectivity index (χ2n) is 4.50. The second kappa shape index (κ2) is 6.78. The van der Waals surface area contributed by atoms with Gasteiger partial charge in [0.1, 0.15) is 11.6 Å². The summed E-state index contributed by atoms with van der Waals surface area (Å²) in [4.78, 5) is 0. The maximum absolute atomic E-state index is 13.7. The zero-order valence-electron chi connectivity index (χ0n) is 10.8. The molecule has 1 aromatic carbocycles. The van der Waals surface area contributed by atoms with Gasteiger partial charge in [-0.3, -0.25) is 0 Å². The van der Waals surface area contributed by atoms with Crippen molar-refractivity contribution in [1.29, 1.82) is 0 Å². The SMILES string of the molecule is CCCNC(Cc1ccc(F)cc1F)c1ccsc1. The Bertz CT molecular complexity index is 511. The lowest BCUT2D eigenvalue weighted by Crippen LogP contribution is -2.24. The number of rotatable bonds is 6. The van der Waals surface area contributed by atoms with Crippen LogP contribution in [-0.4, -0.2) is 6.54 Å². The molecule has 0 aliphatic carbocycles. The number of hydrogen-bond donors (Lipinski definition) is 1. The van der Waals surface area contributed by atoms with E-state index in [-0.39, 0.29) is 6.04 Å². The highest BCUT2D eigenvalue weighted by Gasteiger charge is 2.14. The Balaban J connectivity index is 2.15. The molecule has 1 heterocycles.